The normalized spacial score (nSPS) is 14.3. The predicted molar refractivity (Wildman–Crippen MR) is 112 cm³/mol. The topological polar surface area (TPSA) is 52.6 Å². The molecule has 0 bridgehead atoms. The number of rotatable bonds is 11. The van der Waals surface area contributed by atoms with Crippen molar-refractivity contribution in [2.24, 2.45) is 0 Å². The number of hydrogen-bond donors (Lipinski definition) is 0. The zero-order valence-corrected chi connectivity index (χ0v) is 17.7. The van der Waals surface area contributed by atoms with Gasteiger partial charge in [-0.1, -0.05) is 48.5 Å². The van der Waals surface area contributed by atoms with Crippen molar-refractivity contribution in [3.05, 3.63) is 66.2 Å². The predicted octanol–water partition coefficient (Wildman–Crippen LogP) is 4.88. The summed E-state index contributed by atoms with van der Waals surface area (Å²) in [6, 6.07) is 19.5. The first-order valence-corrected chi connectivity index (χ1v) is 11.9. The zero-order chi connectivity index (χ0) is 19.5. The van der Waals surface area contributed by atoms with Crippen LogP contribution in [-0.2, 0) is 25.3 Å². The van der Waals surface area contributed by atoms with Gasteiger partial charge in [0.25, 0.3) is 0 Å². The highest BCUT2D eigenvalue weighted by molar-refractivity contribution is 8.03. The molecular formula is C21H27O4PS. The minimum absolute atomic E-state index is 0.180. The second-order valence-electron chi connectivity index (χ2n) is 6.13. The van der Waals surface area contributed by atoms with E-state index < -0.39 is 19.4 Å². The largest absolute Gasteiger partial charge is 0.464 e. The Morgan fingerprint density at radius 1 is 1.00 bits per heavy atom. The van der Waals surface area contributed by atoms with Gasteiger partial charge in [-0.2, -0.15) is 0 Å². The van der Waals surface area contributed by atoms with E-state index in [4.69, 9.17) is 9.47 Å². The summed E-state index contributed by atoms with van der Waals surface area (Å²) in [6.45, 7) is 4.23. The first-order valence-electron chi connectivity index (χ1n) is 9.14. The molecular weight excluding hydrogens is 379 g/mol. The quantitative estimate of drug-likeness (QED) is 0.303. The molecule has 2 rings (SSSR count). The molecule has 27 heavy (non-hydrogen) atoms. The van der Waals surface area contributed by atoms with Crippen LogP contribution in [0.1, 0.15) is 19.4 Å². The SMILES string of the molecule is CCOC(=O)C(Cc1ccccc1)(C[PH](=O)CSc1ccccc1)OCC. The van der Waals surface area contributed by atoms with E-state index in [0.717, 1.165) is 10.5 Å². The van der Waals surface area contributed by atoms with Gasteiger partial charge in [-0.3, -0.25) is 0 Å². The fourth-order valence-corrected chi connectivity index (χ4v) is 5.96. The lowest BCUT2D eigenvalue weighted by Crippen LogP contribution is -2.47. The maximum atomic E-state index is 12.9. The van der Waals surface area contributed by atoms with E-state index in [1.807, 2.05) is 67.6 Å². The standard InChI is InChI=1S/C21H27O4PS/c1-3-24-20(22)21(25-4-2,15-18-11-7-5-8-12-18)16-26(23)17-27-19-13-9-6-10-14-19/h5-14,26H,3-4,15-17H2,1-2H3. The molecule has 2 atom stereocenters. The van der Waals surface area contributed by atoms with E-state index >= 15 is 0 Å². The molecule has 2 aromatic carbocycles. The number of ether oxygens (including phenoxy) is 2. The van der Waals surface area contributed by atoms with Crippen LogP contribution < -0.4 is 0 Å². The van der Waals surface area contributed by atoms with Crippen LogP contribution in [0.4, 0.5) is 0 Å². The summed E-state index contributed by atoms with van der Waals surface area (Å²) >= 11 is 1.54. The Morgan fingerprint density at radius 3 is 2.22 bits per heavy atom. The summed E-state index contributed by atoms with van der Waals surface area (Å²) in [5, 5.41) is 0. The Hall–Kier alpha value is -1.55. The van der Waals surface area contributed by atoms with Gasteiger partial charge in [0.15, 0.2) is 5.60 Å². The maximum absolute atomic E-state index is 12.9. The molecule has 0 aliphatic carbocycles. The van der Waals surface area contributed by atoms with Gasteiger partial charge in [0.05, 0.1) is 14.4 Å². The van der Waals surface area contributed by atoms with Crippen molar-refractivity contribution in [1.29, 1.82) is 0 Å². The Morgan fingerprint density at radius 2 is 1.63 bits per heavy atom. The molecule has 0 saturated carbocycles. The van der Waals surface area contributed by atoms with E-state index in [2.05, 4.69) is 0 Å². The molecule has 0 aromatic heterocycles. The van der Waals surface area contributed by atoms with Crippen LogP contribution >= 0.6 is 19.6 Å². The third-order valence-corrected chi connectivity index (χ3v) is 7.46. The number of hydrogen-bond acceptors (Lipinski definition) is 5. The lowest BCUT2D eigenvalue weighted by Gasteiger charge is -2.31. The van der Waals surface area contributed by atoms with Gasteiger partial charge in [-0.15, -0.1) is 11.8 Å². The molecule has 6 heteroatoms. The van der Waals surface area contributed by atoms with Crippen LogP contribution in [0, 0.1) is 0 Å². The average molecular weight is 406 g/mol. The van der Waals surface area contributed by atoms with Gasteiger partial charge in [-0.25, -0.2) is 4.79 Å². The third kappa shape index (κ3) is 6.84. The molecule has 0 aliphatic rings. The average Bonchev–Trinajstić information content (AvgIpc) is 2.68. The smallest absolute Gasteiger partial charge is 0.339 e. The Kier molecular flexibility index (Phi) is 9.12. The minimum Gasteiger partial charge on any atom is -0.464 e. The second-order valence-corrected chi connectivity index (χ2v) is 9.47. The molecule has 0 amide bonds. The van der Waals surface area contributed by atoms with Gasteiger partial charge in [0, 0.05) is 29.6 Å². The molecule has 146 valence electrons. The van der Waals surface area contributed by atoms with Crippen molar-refractivity contribution < 1.29 is 18.8 Å². The summed E-state index contributed by atoms with van der Waals surface area (Å²) in [6.07, 6.45) is 0.534. The summed E-state index contributed by atoms with van der Waals surface area (Å²) in [5.74, 6) is -0.432. The minimum atomic E-state index is -2.06. The summed E-state index contributed by atoms with van der Waals surface area (Å²) < 4.78 is 24.1. The van der Waals surface area contributed by atoms with Crippen molar-refractivity contribution in [3.63, 3.8) is 0 Å². The molecule has 0 saturated heterocycles. The lowest BCUT2D eigenvalue weighted by molar-refractivity contribution is -0.168. The van der Waals surface area contributed by atoms with Gasteiger partial charge in [0.2, 0.25) is 0 Å². The molecule has 0 spiro atoms. The summed E-state index contributed by atoms with van der Waals surface area (Å²) in [4.78, 5) is 13.9. The Bertz CT molecular complexity index is 723. The monoisotopic (exact) mass is 406 g/mol. The molecule has 0 N–H and O–H groups in total. The van der Waals surface area contributed by atoms with Crippen molar-refractivity contribution >= 4 is 25.5 Å². The number of thioether (sulfide) groups is 1. The molecule has 0 aliphatic heterocycles. The number of carbonyl (C=O) groups is 1. The maximum Gasteiger partial charge on any atom is 0.339 e. The van der Waals surface area contributed by atoms with Crippen LogP contribution in [0.2, 0.25) is 0 Å². The third-order valence-electron chi connectivity index (χ3n) is 4.03. The first-order chi connectivity index (χ1) is 13.1. The fourth-order valence-electron chi connectivity index (χ4n) is 2.88. The van der Waals surface area contributed by atoms with Crippen LogP contribution in [0.25, 0.3) is 0 Å². The van der Waals surface area contributed by atoms with Crippen molar-refractivity contribution in [2.45, 2.75) is 30.8 Å². The van der Waals surface area contributed by atoms with E-state index in [0.29, 0.717) is 18.5 Å². The van der Waals surface area contributed by atoms with Crippen LogP contribution in [0.5, 0.6) is 0 Å². The lowest BCUT2D eigenvalue weighted by atomic mass is 9.96. The molecule has 0 heterocycles. The van der Waals surface area contributed by atoms with Gasteiger partial charge >= 0.3 is 5.97 Å². The highest BCUT2D eigenvalue weighted by Crippen LogP contribution is 2.37. The highest BCUT2D eigenvalue weighted by atomic mass is 32.2. The van der Waals surface area contributed by atoms with Crippen LogP contribution in [-0.4, -0.2) is 36.4 Å². The Labute approximate surface area is 166 Å². The Balaban J connectivity index is 2.16. The number of carbonyl (C=O) groups excluding carboxylic acids is 1. The molecule has 2 aromatic rings. The van der Waals surface area contributed by atoms with E-state index in [1.54, 1.807) is 18.7 Å². The van der Waals surface area contributed by atoms with Gasteiger partial charge in [-0.05, 0) is 31.5 Å². The van der Waals surface area contributed by atoms with E-state index in [1.165, 1.54) is 0 Å². The van der Waals surface area contributed by atoms with Crippen molar-refractivity contribution in [2.75, 3.05) is 24.9 Å². The molecule has 0 fully saturated rings. The van der Waals surface area contributed by atoms with Crippen LogP contribution in [0.3, 0.4) is 0 Å². The van der Waals surface area contributed by atoms with Crippen LogP contribution in [0.15, 0.2) is 65.6 Å². The fraction of sp³-hybridized carbons (Fsp3) is 0.381. The van der Waals surface area contributed by atoms with E-state index in [9.17, 15) is 9.36 Å². The summed E-state index contributed by atoms with van der Waals surface area (Å²) in [5.41, 5.74) is 0.224. The summed E-state index contributed by atoms with van der Waals surface area (Å²) in [7, 11) is -2.06. The molecule has 2 unspecified atom stereocenters. The van der Waals surface area contributed by atoms with Gasteiger partial charge in [0.1, 0.15) is 0 Å². The molecule has 4 nitrogen and oxygen atoms in total. The van der Waals surface area contributed by atoms with E-state index in [-0.39, 0.29) is 12.8 Å². The second kappa shape index (κ2) is 11.3. The van der Waals surface area contributed by atoms with Crippen molar-refractivity contribution in [3.8, 4) is 0 Å². The first kappa shape index (κ1) is 21.7. The number of benzene rings is 2. The zero-order valence-electron chi connectivity index (χ0n) is 15.9. The number of esters is 1. The van der Waals surface area contributed by atoms with Gasteiger partial charge < -0.3 is 14.0 Å². The van der Waals surface area contributed by atoms with Crippen molar-refractivity contribution in [1.82, 2.24) is 0 Å². The molecule has 0 radical (unpaired) electrons. The highest BCUT2D eigenvalue weighted by Gasteiger charge is 2.42.